The zero-order valence-corrected chi connectivity index (χ0v) is 24.3. The first-order valence-corrected chi connectivity index (χ1v) is 14.7. The summed E-state index contributed by atoms with van der Waals surface area (Å²) in [4.78, 5) is 32.9. The van der Waals surface area contributed by atoms with Crippen LogP contribution in [0.3, 0.4) is 0 Å². The van der Waals surface area contributed by atoms with E-state index in [-0.39, 0.29) is 11.8 Å². The molecular formula is C40H22N4O2. The molecule has 0 spiro atoms. The summed E-state index contributed by atoms with van der Waals surface area (Å²) < 4.78 is 2.03. The molecule has 0 bridgehead atoms. The lowest BCUT2D eigenvalue weighted by Crippen LogP contribution is -2.29. The first-order chi connectivity index (χ1) is 22.6. The van der Waals surface area contributed by atoms with Gasteiger partial charge in [-0.3, -0.25) is 9.59 Å². The van der Waals surface area contributed by atoms with Gasteiger partial charge in [0, 0.05) is 16.3 Å². The lowest BCUT2D eigenvalue weighted by molar-refractivity contribution is 0.0926. The second-order valence-corrected chi connectivity index (χ2v) is 11.1. The summed E-state index contributed by atoms with van der Waals surface area (Å²) in [6, 6.07) is 44.0. The number of aromatic nitrogens is 1. The fraction of sp³-hybridized carbons (Fsp3) is 0. The van der Waals surface area contributed by atoms with Crippen molar-refractivity contribution >= 4 is 45.0 Å². The number of imide groups is 1. The maximum Gasteiger partial charge on any atom is 0.268 e. The predicted octanol–water partition coefficient (Wildman–Crippen LogP) is 9.34. The summed E-state index contributed by atoms with van der Waals surface area (Å²) in [6.07, 6.45) is 0. The summed E-state index contributed by atoms with van der Waals surface area (Å²) >= 11 is 0. The molecule has 0 N–H and O–H groups in total. The molecule has 0 saturated heterocycles. The Labute approximate surface area is 264 Å². The van der Waals surface area contributed by atoms with Crippen molar-refractivity contribution in [2.45, 2.75) is 0 Å². The number of rotatable bonds is 4. The topological polar surface area (TPSA) is 70.5 Å². The number of hydrogen-bond donors (Lipinski definition) is 0. The van der Waals surface area contributed by atoms with Crippen molar-refractivity contribution in [1.82, 2.24) is 4.57 Å². The number of hydrogen-bond acceptors (Lipinski definition) is 3. The molecule has 1 aromatic heterocycles. The first kappa shape index (κ1) is 26.8. The summed E-state index contributed by atoms with van der Waals surface area (Å²) in [6.45, 7) is 7.57. The van der Waals surface area contributed by atoms with Crippen LogP contribution in [0.15, 0.2) is 133 Å². The van der Waals surface area contributed by atoms with E-state index in [1.165, 1.54) is 4.90 Å². The number of benzene rings is 6. The Morgan fingerprint density at radius 2 is 1.33 bits per heavy atom. The predicted molar refractivity (Wildman–Crippen MR) is 180 cm³/mol. The van der Waals surface area contributed by atoms with E-state index in [0.29, 0.717) is 33.8 Å². The SMILES string of the molecule is [C-]#[N+]c1cc(C#N)cc(-c2cccc3c2c2ccccc2n3-c2cccc3c2C(=O)N(c2ccc(-c4ccccc4)cc2)C3=O)c1. The van der Waals surface area contributed by atoms with E-state index in [9.17, 15) is 14.9 Å². The highest BCUT2D eigenvalue weighted by atomic mass is 16.2. The third-order valence-electron chi connectivity index (χ3n) is 8.55. The fourth-order valence-corrected chi connectivity index (χ4v) is 6.54. The van der Waals surface area contributed by atoms with E-state index in [4.69, 9.17) is 6.57 Å². The number of carbonyl (C=O) groups is 2. The van der Waals surface area contributed by atoms with Crippen LogP contribution < -0.4 is 4.90 Å². The minimum absolute atomic E-state index is 0.342. The van der Waals surface area contributed by atoms with Gasteiger partial charge in [0.15, 0.2) is 5.69 Å². The highest BCUT2D eigenvalue weighted by Crippen LogP contribution is 2.42. The minimum Gasteiger partial charge on any atom is -0.308 e. The quantitative estimate of drug-likeness (QED) is 0.151. The lowest BCUT2D eigenvalue weighted by atomic mass is 9.97. The van der Waals surface area contributed by atoms with Crippen LogP contribution >= 0.6 is 0 Å². The second-order valence-electron chi connectivity index (χ2n) is 11.1. The Bertz CT molecular complexity index is 2450. The van der Waals surface area contributed by atoms with Gasteiger partial charge in [-0.2, -0.15) is 5.26 Å². The molecule has 6 aromatic carbocycles. The van der Waals surface area contributed by atoms with Crippen molar-refractivity contribution in [3.8, 4) is 34.0 Å². The molecule has 0 radical (unpaired) electrons. The summed E-state index contributed by atoms with van der Waals surface area (Å²) in [5.41, 5.74) is 7.97. The second kappa shape index (κ2) is 10.4. The van der Waals surface area contributed by atoms with E-state index in [1.54, 1.807) is 24.3 Å². The normalized spacial score (nSPS) is 12.3. The molecule has 6 nitrogen and oxygen atoms in total. The number of nitriles is 1. The van der Waals surface area contributed by atoms with Gasteiger partial charge in [0.2, 0.25) is 0 Å². The monoisotopic (exact) mass is 590 g/mol. The van der Waals surface area contributed by atoms with Crippen LogP contribution in [0.5, 0.6) is 0 Å². The Kier molecular flexibility index (Phi) is 6.10. The summed E-state index contributed by atoms with van der Waals surface area (Å²) in [5.74, 6) is -0.746. The maximum absolute atomic E-state index is 14.2. The molecular weight excluding hydrogens is 568 g/mol. The number of carbonyl (C=O) groups excluding carboxylic acids is 2. The molecule has 2 amide bonds. The molecule has 0 saturated carbocycles. The lowest BCUT2D eigenvalue weighted by Gasteiger charge is -2.15. The average molecular weight is 591 g/mol. The molecule has 1 aliphatic heterocycles. The van der Waals surface area contributed by atoms with Gasteiger partial charge in [0.25, 0.3) is 11.8 Å². The summed E-state index contributed by atoms with van der Waals surface area (Å²) in [7, 11) is 0. The molecule has 6 heteroatoms. The van der Waals surface area contributed by atoms with Crippen LogP contribution in [0.2, 0.25) is 0 Å². The van der Waals surface area contributed by atoms with Crippen molar-refractivity contribution in [3.05, 3.63) is 162 Å². The number of para-hydroxylation sites is 1. The highest BCUT2D eigenvalue weighted by Gasteiger charge is 2.39. The molecule has 0 unspecified atom stereocenters. The maximum atomic E-state index is 14.2. The van der Waals surface area contributed by atoms with Gasteiger partial charge in [-0.15, -0.1) is 0 Å². The standard InChI is InChI=1S/C40H22N4O2/c1-42-29-22-25(24-41)21-28(23-29)31-12-7-15-35-37(31)32-11-5-6-14-34(32)44(35)36-16-8-13-33-38(36)40(46)43(39(33)45)30-19-17-27(18-20-30)26-9-3-2-4-10-26/h2-23H. The smallest absolute Gasteiger partial charge is 0.268 e. The highest BCUT2D eigenvalue weighted by molar-refractivity contribution is 6.36. The molecule has 0 fully saturated rings. The zero-order chi connectivity index (χ0) is 31.4. The van der Waals surface area contributed by atoms with Gasteiger partial charge >= 0.3 is 0 Å². The van der Waals surface area contributed by atoms with E-state index in [2.05, 4.69) is 10.9 Å². The van der Waals surface area contributed by atoms with Crippen molar-refractivity contribution in [2.75, 3.05) is 4.90 Å². The minimum atomic E-state index is -0.381. The van der Waals surface area contributed by atoms with Crippen LogP contribution in [0, 0.1) is 17.9 Å². The first-order valence-electron chi connectivity index (χ1n) is 14.7. The van der Waals surface area contributed by atoms with E-state index < -0.39 is 0 Å². The molecule has 0 aliphatic carbocycles. The van der Waals surface area contributed by atoms with Gasteiger partial charge in [0.05, 0.1) is 46.2 Å². The zero-order valence-electron chi connectivity index (χ0n) is 24.3. The van der Waals surface area contributed by atoms with Crippen LogP contribution in [-0.4, -0.2) is 16.4 Å². The van der Waals surface area contributed by atoms with Crippen molar-refractivity contribution in [2.24, 2.45) is 0 Å². The van der Waals surface area contributed by atoms with Gasteiger partial charge in [-0.1, -0.05) is 78.9 Å². The largest absolute Gasteiger partial charge is 0.308 e. The molecule has 1 aliphatic rings. The third-order valence-corrected chi connectivity index (χ3v) is 8.55. The van der Waals surface area contributed by atoms with Crippen LogP contribution in [-0.2, 0) is 0 Å². The Balaban J connectivity index is 1.31. The van der Waals surface area contributed by atoms with Gasteiger partial charge in [-0.05, 0) is 76.9 Å². The Hall–Kier alpha value is -6.76. The number of amides is 2. The van der Waals surface area contributed by atoms with Crippen LogP contribution in [0.25, 0.3) is 54.6 Å². The van der Waals surface area contributed by atoms with Crippen LogP contribution in [0.4, 0.5) is 11.4 Å². The number of nitrogens with zero attached hydrogens (tertiary/aromatic N) is 4. The Morgan fingerprint density at radius 3 is 2.11 bits per heavy atom. The molecule has 2 heterocycles. The molecule has 214 valence electrons. The van der Waals surface area contributed by atoms with Crippen molar-refractivity contribution in [1.29, 1.82) is 5.26 Å². The molecule has 7 aromatic rings. The number of anilines is 1. The fourth-order valence-electron chi connectivity index (χ4n) is 6.54. The molecule has 0 atom stereocenters. The third kappa shape index (κ3) is 4.02. The van der Waals surface area contributed by atoms with Gasteiger partial charge in [-0.25, -0.2) is 9.74 Å². The Morgan fingerprint density at radius 1 is 0.630 bits per heavy atom. The van der Waals surface area contributed by atoms with Gasteiger partial charge < -0.3 is 4.57 Å². The van der Waals surface area contributed by atoms with E-state index in [0.717, 1.165) is 44.1 Å². The van der Waals surface area contributed by atoms with Crippen LogP contribution in [0.1, 0.15) is 26.3 Å². The van der Waals surface area contributed by atoms with Crippen molar-refractivity contribution in [3.63, 3.8) is 0 Å². The molecule has 8 rings (SSSR count). The average Bonchev–Trinajstić information content (AvgIpc) is 3.59. The van der Waals surface area contributed by atoms with E-state index in [1.807, 2.05) is 114 Å². The van der Waals surface area contributed by atoms with E-state index >= 15 is 0 Å². The molecule has 46 heavy (non-hydrogen) atoms. The number of fused-ring (bicyclic) bond motifs is 4. The van der Waals surface area contributed by atoms with Gasteiger partial charge in [0.1, 0.15) is 0 Å². The summed E-state index contributed by atoms with van der Waals surface area (Å²) in [5, 5.41) is 11.5. The van der Waals surface area contributed by atoms with Crippen molar-refractivity contribution < 1.29 is 9.59 Å².